The number of rotatable bonds is 4. The smallest absolute Gasteiger partial charge is 0.255 e. The molecule has 0 atom stereocenters. The maximum Gasteiger partial charge on any atom is 0.255 e. The van der Waals surface area contributed by atoms with Crippen molar-refractivity contribution in [3.8, 4) is 0 Å². The summed E-state index contributed by atoms with van der Waals surface area (Å²) in [6, 6.07) is 7.96. The van der Waals surface area contributed by atoms with E-state index in [0.717, 1.165) is 28.8 Å². The fraction of sp³-hybridized carbons (Fsp3) is 0.250. The van der Waals surface area contributed by atoms with E-state index in [1.54, 1.807) is 18.0 Å². The number of anilines is 1. The molecule has 2 aromatic rings. The Hall–Kier alpha value is -1.42. The van der Waals surface area contributed by atoms with E-state index in [4.69, 9.17) is 10.2 Å². The molecule has 0 fully saturated rings. The molecule has 0 unspecified atom stereocenters. The zero-order chi connectivity index (χ0) is 11.4. The van der Waals surface area contributed by atoms with Crippen LogP contribution in [-0.2, 0) is 6.42 Å². The summed E-state index contributed by atoms with van der Waals surface area (Å²) in [6.07, 6.45) is 2.66. The first-order valence-corrected chi connectivity index (χ1v) is 6.12. The van der Waals surface area contributed by atoms with E-state index in [0.29, 0.717) is 0 Å². The fourth-order valence-corrected chi connectivity index (χ4v) is 2.18. The average molecular weight is 234 g/mol. The Kier molecular flexibility index (Phi) is 3.51. The average Bonchev–Trinajstić information content (AvgIpc) is 2.67. The largest absolute Gasteiger partial charge is 0.440 e. The summed E-state index contributed by atoms with van der Waals surface area (Å²) in [5.41, 5.74) is 8.63. The van der Waals surface area contributed by atoms with E-state index >= 15 is 0 Å². The Morgan fingerprint density at radius 2 is 2.06 bits per heavy atom. The Bertz CT molecular complexity index is 450. The molecule has 1 aromatic carbocycles. The number of nitrogen functional groups attached to an aromatic ring is 1. The molecule has 0 aliphatic rings. The van der Waals surface area contributed by atoms with Gasteiger partial charge in [-0.3, -0.25) is 0 Å². The summed E-state index contributed by atoms with van der Waals surface area (Å²) >= 11 is 1.63. The van der Waals surface area contributed by atoms with E-state index < -0.39 is 0 Å². The van der Waals surface area contributed by atoms with Gasteiger partial charge in [0.25, 0.3) is 5.22 Å². The Balaban J connectivity index is 1.82. The lowest BCUT2D eigenvalue weighted by Gasteiger charge is -2.00. The van der Waals surface area contributed by atoms with Crippen molar-refractivity contribution < 1.29 is 4.42 Å². The molecule has 0 aliphatic carbocycles. The van der Waals surface area contributed by atoms with Crippen molar-refractivity contribution >= 4 is 17.4 Å². The Morgan fingerprint density at radius 1 is 1.31 bits per heavy atom. The third-order valence-corrected chi connectivity index (χ3v) is 3.04. The molecule has 84 valence electrons. The van der Waals surface area contributed by atoms with E-state index in [2.05, 4.69) is 17.1 Å². The minimum absolute atomic E-state index is 0.743. The molecule has 0 amide bonds. The van der Waals surface area contributed by atoms with Gasteiger partial charge in [-0.15, -0.1) is 0 Å². The minimum atomic E-state index is 0.743. The molecular formula is C12H14N2OS. The quantitative estimate of drug-likeness (QED) is 0.653. The molecule has 2 N–H and O–H groups in total. The van der Waals surface area contributed by atoms with Crippen LogP contribution in [0.2, 0.25) is 0 Å². The molecule has 0 bridgehead atoms. The number of thioether (sulfide) groups is 1. The molecule has 1 aromatic heterocycles. The molecule has 0 radical (unpaired) electrons. The topological polar surface area (TPSA) is 52.0 Å². The first-order valence-electron chi connectivity index (χ1n) is 5.13. The third kappa shape index (κ3) is 3.03. The van der Waals surface area contributed by atoms with Gasteiger partial charge in [0.05, 0.1) is 5.69 Å². The van der Waals surface area contributed by atoms with E-state index in [1.807, 2.05) is 19.1 Å². The summed E-state index contributed by atoms with van der Waals surface area (Å²) in [7, 11) is 0. The molecule has 2 rings (SSSR count). The standard InChI is InChI=1S/C12H14N2OS/c1-9-8-15-12(14-9)16-7-6-10-2-4-11(13)5-3-10/h2-5,8H,6-7,13H2,1H3. The number of aromatic nitrogens is 1. The summed E-state index contributed by atoms with van der Waals surface area (Å²) in [6.45, 7) is 1.92. The highest BCUT2D eigenvalue weighted by Gasteiger charge is 2.01. The summed E-state index contributed by atoms with van der Waals surface area (Å²) in [5, 5.41) is 0.743. The van der Waals surface area contributed by atoms with Crippen LogP contribution in [0.25, 0.3) is 0 Å². The van der Waals surface area contributed by atoms with Crippen molar-refractivity contribution in [1.82, 2.24) is 4.98 Å². The number of hydrogen-bond donors (Lipinski definition) is 1. The highest BCUT2D eigenvalue weighted by Crippen LogP contribution is 2.18. The molecule has 3 nitrogen and oxygen atoms in total. The Morgan fingerprint density at radius 3 is 2.69 bits per heavy atom. The number of aryl methyl sites for hydroxylation is 2. The molecule has 16 heavy (non-hydrogen) atoms. The van der Waals surface area contributed by atoms with Gasteiger partial charge >= 0.3 is 0 Å². The zero-order valence-corrected chi connectivity index (χ0v) is 9.96. The van der Waals surface area contributed by atoms with Crippen LogP contribution in [0.1, 0.15) is 11.3 Å². The van der Waals surface area contributed by atoms with Gasteiger partial charge in [0.15, 0.2) is 0 Å². The second-order valence-corrected chi connectivity index (χ2v) is 4.64. The van der Waals surface area contributed by atoms with Crippen molar-refractivity contribution in [2.24, 2.45) is 0 Å². The van der Waals surface area contributed by atoms with Gasteiger partial charge < -0.3 is 10.2 Å². The highest BCUT2D eigenvalue weighted by atomic mass is 32.2. The van der Waals surface area contributed by atoms with E-state index in [-0.39, 0.29) is 0 Å². The second kappa shape index (κ2) is 5.07. The van der Waals surface area contributed by atoms with E-state index in [1.165, 1.54) is 5.56 Å². The van der Waals surface area contributed by atoms with Gasteiger partial charge in [-0.25, -0.2) is 4.98 Å². The van der Waals surface area contributed by atoms with E-state index in [9.17, 15) is 0 Å². The van der Waals surface area contributed by atoms with Gasteiger partial charge in [0.2, 0.25) is 0 Å². The lowest BCUT2D eigenvalue weighted by molar-refractivity contribution is 0.454. The highest BCUT2D eigenvalue weighted by molar-refractivity contribution is 7.99. The number of oxazole rings is 1. The molecule has 0 saturated carbocycles. The fourth-order valence-electron chi connectivity index (χ4n) is 1.34. The number of hydrogen-bond acceptors (Lipinski definition) is 4. The van der Waals surface area contributed by atoms with Crippen LogP contribution in [0, 0.1) is 6.92 Å². The number of nitrogens with zero attached hydrogens (tertiary/aromatic N) is 1. The molecule has 4 heteroatoms. The van der Waals surface area contributed by atoms with Gasteiger partial charge in [-0.05, 0) is 31.0 Å². The predicted octanol–water partition coefficient (Wildman–Crippen LogP) is 2.90. The van der Waals surface area contributed by atoms with Crippen LogP contribution >= 0.6 is 11.8 Å². The normalized spacial score (nSPS) is 10.6. The summed E-state index contributed by atoms with van der Waals surface area (Å²) in [5.74, 6) is 0.962. The zero-order valence-electron chi connectivity index (χ0n) is 9.14. The van der Waals surface area contributed by atoms with Crippen LogP contribution in [0.3, 0.4) is 0 Å². The van der Waals surface area contributed by atoms with Gasteiger partial charge in [0.1, 0.15) is 6.26 Å². The lowest BCUT2D eigenvalue weighted by Crippen LogP contribution is -1.90. The summed E-state index contributed by atoms with van der Waals surface area (Å²) in [4.78, 5) is 4.23. The Labute approximate surface area is 99.1 Å². The predicted molar refractivity (Wildman–Crippen MR) is 66.5 cm³/mol. The SMILES string of the molecule is Cc1coc(SCCc2ccc(N)cc2)n1. The first-order chi connectivity index (χ1) is 7.74. The van der Waals surface area contributed by atoms with Crippen molar-refractivity contribution in [1.29, 1.82) is 0 Å². The van der Waals surface area contributed by atoms with Crippen molar-refractivity contribution in [2.45, 2.75) is 18.6 Å². The molecular weight excluding hydrogens is 220 g/mol. The van der Waals surface area contributed by atoms with Crippen LogP contribution in [0.4, 0.5) is 5.69 Å². The van der Waals surface area contributed by atoms with Crippen LogP contribution in [0.5, 0.6) is 0 Å². The maximum atomic E-state index is 5.62. The van der Waals surface area contributed by atoms with Gasteiger partial charge in [-0.2, -0.15) is 0 Å². The monoisotopic (exact) mass is 234 g/mol. The number of benzene rings is 1. The molecule has 0 spiro atoms. The second-order valence-electron chi connectivity index (χ2n) is 3.59. The van der Waals surface area contributed by atoms with Crippen LogP contribution in [-0.4, -0.2) is 10.7 Å². The lowest BCUT2D eigenvalue weighted by atomic mass is 10.2. The van der Waals surface area contributed by atoms with Crippen molar-refractivity contribution in [2.75, 3.05) is 11.5 Å². The van der Waals surface area contributed by atoms with Gasteiger partial charge in [0, 0.05) is 11.4 Å². The van der Waals surface area contributed by atoms with Crippen molar-refractivity contribution in [3.05, 3.63) is 41.8 Å². The summed E-state index contributed by atoms with van der Waals surface area (Å²) < 4.78 is 5.25. The van der Waals surface area contributed by atoms with Gasteiger partial charge in [-0.1, -0.05) is 23.9 Å². The number of nitrogens with two attached hydrogens (primary N) is 1. The molecule has 0 saturated heterocycles. The molecule has 1 heterocycles. The maximum absolute atomic E-state index is 5.62. The first kappa shape index (κ1) is 11.1. The van der Waals surface area contributed by atoms with Crippen molar-refractivity contribution in [3.63, 3.8) is 0 Å². The minimum Gasteiger partial charge on any atom is -0.440 e. The van der Waals surface area contributed by atoms with Crippen LogP contribution in [0.15, 0.2) is 40.2 Å². The molecule has 0 aliphatic heterocycles. The van der Waals surface area contributed by atoms with Crippen LogP contribution < -0.4 is 5.73 Å². The third-order valence-electron chi connectivity index (χ3n) is 2.19.